The molecule has 1 saturated carbocycles. The molecule has 1 aliphatic carbocycles. The number of nitrogens with zero attached hydrogens (tertiary/aromatic N) is 1. The zero-order valence-electron chi connectivity index (χ0n) is 23.9. The third-order valence-electron chi connectivity index (χ3n) is 5.90. The van der Waals surface area contributed by atoms with E-state index in [-0.39, 0.29) is 47.7 Å². The van der Waals surface area contributed by atoms with Crippen LogP contribution in [0.5, 0.6) is 0 Å². The highest BCUT2D eigenvalue weighted by Crippen LogP contribution is 2.41. The van der Waals surface area contributed by atoms with Crippen molar-refractivity contribution in [1.82, 2.24) is 10.2 Å². The third kappa shape index (κ3) is 13.5. The average Bonchev–Trinajstić information content (AvgIpc) is 3.32. The summed E-state index contributed by atoms with van der Waals surface area (Å²) in [5.74, 6) is 1.43. The molecule has 2 unspecified atom stereocenters. The number of likely N-dealkylation sites (tertiary alicyclic amines) is 1. The minimum Gasteiger partial charge on any atom is -0.460 e. The number of ketones is 1. The van der Waals surface area contributed by atoms with Crippen LogP contribution in [0.3, 0.4) is 0 Å². The van der Waals surface area contributed by atoms with Gasteiger partial charge in [-0.15, -0.1) is 0 Å². The fraction of sp³-hybridized carbons (Fsp3) is 0.862. The average molecular weight is 511 g/mol. The maximum atomic E-state index is 11.4. The summed E-state index contributed by atoms with van der Waals surface area (Å²) in [7, 11) is 0. The van der Waals surface area contributed by atoms with Gasteiger partial charge in [-0.25, -0.2) is 0 Å². The number of hydrogen-bond acceptors (Lipinski definition) is 6. The van der Waals surface area contributed by atoms with Crippen molar-refractivity contribution in [1.29, 1.82) is 0 Å². The normalized spacial score (nSPS) is 22.1. The van der Waals surface area contributed by atoms with Crippen LogP contribution in [0.4, 0.5) is 0 Å². The summed E-state index contributed by atoms with van der Waals surface area (Å²) in [5.41, 5.74) is -0.137. The van der Waals surface area contributed by atoms with Crippen molar-refractivity contribution in [2.24, 2.45) is 22.7 Å². The predicted molar refractivity (Wildman–Crippen MR) is 145 cm³/mol. The van der Waals surface area contributed by atoms with E-state index in [0.717, 1.165) is 25.9 Å². The number of ether oxygens (including phenoxy) is 1. The Labute approximate surface area is 220 Å². The summed E-state index contributed by atoms with van der Waals surface area (Å²) in [6.07, 6.45) is 4.26. The van der Waals surface area contributed by atoms with Crippen LogP contribution in [0.25, 0.3) is 0 Å². The molecule has 210 valence electrons. The van der Waals surface area contributed by atoms with Gasteiger partial charge in [0.15, 0.2) is 0 Å². The van der Waals surface area contributed by atoms with Crippen molar-refractivity contribution in [3.63, 3.8) is 0 Å². The Morgan fingerprint density at radius 3 is 1.61 bits per heavy atom. The molecule has 1 N–H and O–H groups in total. The van der Waals surface area contributed by atoms with Crippen LogP contribution in [0, 0.1) is 22.7 Å². The van der Waals surface area contributed by atoms with E-state index in [1.54, 1.807) is 0 Å². The molecule has 36 heavy (non-hydrogen) atoms. The number of imide groups is 1. The second kappa shape index (κ2) is 13.7. The number of amides is 2. The van der Waals surface area contributed by atoms with E-state index in [4.69, 9.17) is 4.74 Å². The predicted octanol–water partition coefficient (Wildman–Crippen LogP) is 5.55. The maximum Gasteiger partial charge on any atom is 0.306 e. The van der Waals surface area contributed by atoms with Crippen LogP contribution < -0.4 is 5.32 Å². The third-order valence-corrected chi connectivity index (χ3v) is 5.90. The number of nitrogens with one attached hydrogen (secondary N) is 1. The van der Waals surface area contributed by atoms with E-state index in [1.165, 1.54) is 4.90 Å². The highest BCUT2D eigenvalue weighted by molar-refractivity contribution is 5.98. The van der Waals surface area contributed by atoms with Crippen molar-refractivity contribution in [2.75, 3.05) is 13.1 Å². The van der Waals surface area contributed by atoms with Gasteiger partial charge in [0.2, 0.25) is 11.8 Å². The second-order valence-corrected chi connectivity index (χ2v) is 13.7. The van der Waals surface area contributed by atoms with Crippen LogP contribution in [0.15, 0.2) is 0 Å². The van der Waals surface area contributed by atoms with Gasteiger partial charge in [-0.2, -0.15) is 0 Å². The van der Waals surface area contributed by atoms with Crippen LogP contribution in [0.1, 0.15) is 115 Å². The van der Waals surface area contributed by atoms with Gasteiger partial charge in [0, 0.05) is 43.8 Å². The van der Waals surface area contributed by atoms with E-state index in [1.807, 2.05) is 41.5 Å². The molecule has 0 aromatic carbocycles. The van der Waals surface area contributed by atoms with Crippen molar-refractivity contribution in [2.45, 2.75) is 127 Å². The van der Waals surface area contributed by atoms with Crippen molar-refractivity contribution in [3.05, 3.63) is 0 Å². The molecule has 3 rings (SSSR count). The minimum absolute atomic E-state index is 0. The molecule has 3 fully saturated rings. The van der Waals surface area contributed by atoms with Gasteiger partial charge in [0.25, 0.3) is 0 Å². The summed E-state index contributed by atoms with van der Waals surface area (Å²) < 4.78 is 5.16. The zero-order valence-corrected chi connectivity index (χ0v) is 23.9. The van der Waals surface area contributed by atoms with Gasteiger partial charge in [0.05, 0.1) is 6.42 Å². The maximum absolute atomic E-state index is 11.4. The fourth-order valence-corrected chi connectivity index (χ4v) is 3.93. The zero-order chi connectivity index (χ0) is 27.2. The number of hydrogen-bond donors (Lipinski definition) is 1. The molecule has 0 aromatic rings. The molecule has 0 bridgehead atoms. The molecule has 2 amide bonds. The first kappa shape index (κ1) is 34.2. The lowest BCUT2D eigenvalue weighted by Crippen LogP contribution is -2.51. The summed E-state index contributed by atoms with van der Waals surface area (Å²) >= 11 is 0. The van der Waals surface area contributed by atoms with Crippen molar-refractivity contribution >= 4 is 23.6 Å². The number of rotatable bonds is 4. The number of piperidine rings is 1. The summed E-state index contributed by atoms with van der Waals surface area (Å²) in [4.78, 5) is 46.7. The molecule has 2 heterocycles. The van der Waals surface area contributed by atoms with E-state index < -0.39 is 0 Å². The van der Waals surface area contributed by atoms with Gasteiger partial charge in [-0.3, -0.25) is 24.1 Å². The monoisotopic (exact) mass is 510 g/mol. The first-order valence-corrected chi connectivity index (χ1v) is 13.1. The Hall–Kier alpha value is -1.76. The van der Waals surface area contributed by atoms with Crippen LogP contribution in [-0.4, -0.2) is 53.2 Å². The Balaban J connectivity index is 0.000000504. The standard InChI is InChI=1S/C10H18O.C9H17NO2.C9H15NO2.CH4/c1-7-5-8(7)9(11)6-10(2,3)4;1-9(2,3)4-8(11)12-7-5-10-6-7;1-9(2,3)10-7(11)5-4-6-8(10)12;/h7-8H,5-6H2,1-4H3;7,10H,4-6H2,1-3H3;4-6H2,1-3H3;1H4. The van der Waals surface area contributed by atoms with E-state index in [2.05, 4.69) is 33.0 Å². The highest BCUT2D eigenvalue weighted by Gasteiger charge is 2.39. The molecule has 7 heteroatoms. The molecular weight excluding hydrogens is 456 g/mol. The summed E-state index contributed by atoms with van der Waals surface area (Å²) in [5, 5.41) is 3.05. The quantitative estimate of drug-likeness (QED) is 0.394. The Bertz CT molecular complexity index is 735. The number of carbonyl (C=O) groups is 4. The lowest BCUT2D eigenvalue weighted by Gasteiger charge is -2.36. The van der Waals surface area contributed by atoms with Gasteiger partial charge in [-0.1, -0.05) is 55.9 Å². The molecule has 2 atom stereocenters. The van der Waals surface area contributed by atoms with Crippen molar-refractivity contribution < 1.29 is 23.9 Å². The molecule has 7 nitrogen and oxygen atoms in total. The van der Waals surface area contributed by atoms with Gasteiger partial charge in [0.1, 0.15) is 11.9 Å². The lowest BCUT2D eigenvalue weighted by atomic mass is 9.88. The second-order valence-electron chi connectivity index (χ2n) is 13.7. The molecule has 0 spiro atoms. The van der Waals surface area contributed by atoms with E-state index in [0.29, 0.717) is 43.3 Å². The van der Waals surface area contributed by atoms with E-state index >= 15 is 0 Å². The smallest absolute Gasteiger partial charge is 0.306 e. The van der Waals surface area contributed by atoms with E-state index in [9.17, 15) is 19.2 Å². The van der Waals surface area contributed by atoms with Gasteiger partial charge >= 0.3 is 5.97 Å². The number of esters is 1. The Morgan fingerprint density at radius 2 is 1.33 bits per heavy atom. The Morgan fingerprint density at radius 1 is 0.889 bits per heavy atom. The summed E-state index contributed by atoms with van der Waals surface area (Å²) in [6.45, 7) is 21.9. The molecule has 2 aliphatic heterocycles. The molecule has 3 aliphatic rings. The number of carbonyl (C=O) groups excluding carboxylic acids is 4. The van der Waals surface area contributed by atoms with Gasteiger partial charge < -0.3 is 10.1 Å². The summed E-state index contributed by atoms with van der Waals surface area (Å²) in [6, 6.07) is 0. The molecule has 0 radical (unpaired) electrons. The molecule has 0 aromatic heterocycles. The lowest BCUT2D eigenvalue weighted by molar-refractivity contribution is -0.154. The SMILES string of the molecule is C.CC(C)(C)CC(=O)OC1CNC1.CC(C)(C)N1C(=O)CCCC1=O.CC1CC1C(=O)CC(C)(C)C. The first-order valence-electron chi connectivity index (χ1n) is 13.1. The van der Waals surface area contributed by atoms with Crippen LogP contribution >= 0.6 is 0 Å². The molecule has 2 saturated heterocycles. The van der Waals surface area contributed by atoms with Crippen LogP contribution in [-0.2, 0) is 23.9 Å². The number of Topliss-reactive ketones (excluding diaryl/α,β-unsaturated/α-hetero) is 1. The van der Waals surface area contributed by atoms with Crippen molar-refractivity contribution in [3.8, 4) is 0 Å². The minimum atomic E-state index is -0.353. The fourth-order valence-electron chi connectivity index (χ4n) is 3.93. The van der Waals surface area contributed by atoms with Gasteiger partial charge in [-0.05, 0) is 50.4 Å². The van der Waals surface area contributed by atoms with Crippen LogP contribution in [0.2, 0.25) is 0 Å². The topological polar surface area (TPSA) is 92.8 Å². The largest absolute Gasteiger partial charge is 0.460 e. The Kier molecular flexibility index (Phi) is 13.0. The first-order chi connectivity index (χ1) is 15.8. The highest BCUT2D eigenvalue weighted by atomic mass is 16.5. The molecular formula is C29H54N2O5.